The van der Waals surface area contributed by atoms with Gasteiger partial charge < -0.3 is 15.5 Å². The van der Waals surface area contributed by atoms with Gasteiger partial charge in [-0.15, -0.1) is 0 Å². The number of anilines is 1. The van der Waals surface area contributed by atoms with E-state index in [0.29, 0.717) is 6.04 Å². The second-order valence-electron chi connectivity index (χ2n) is 5.54. The molecule has 0 radical (unpaired) electrons. The highest BCUT2D eigenvalue weighted by molar-refractivity contribution is 6.01. The van der Waals surface area contributed by atoms with Crippen LogP contribution in [0.4, 0.5) is 5.69 Å². The fraction of sp³-hybridized carbons (Fsp3) is 0.533. The Bertz CT molecular complexity index is 469. The Kier molecular flexibility index (Phi) is 4.10. The summed E-state index contributed by atoms with van der Waals surface area (Å²) in [5, 5.41) is 7.79. The van der Waals surface area contributed by atoms with Gasteiger partial charge in [-0.05, 0) is 45.5 Å². The average Bonchev–Trinajstić information content (AvgIpc) is 2.50. The molecule has 1 aromatic rings. The SMILES string of the molecule is Cc1cccc(C(=N)N)c1N1CCCN(C)CC1C. The minimum atomic E-state index is 0.156. The second kappa shape index (κ2) is 5.61. The lowest BCUT2D eigenvalue weighted by molar-refractivity contribution is 0.337. The Hall–Kier alpha value is -1.55. The molecule has 19 heavy (non-hydrogen) atoms. The standard InChI is InChI=1S/C15H24N4/c1-11-6-4-7-13(15(16)17)14(11)19-9-5-8-18(3)10-12(19)2/h4,6-7,12H,5,8-10H2,1-3H3,(H3,16,17). The van der Waals surface area contributed by atoms with Gasteiger partial charge in [-0.1, -0.05) is 12.1 Å². The number of nitrogens with one attached hydrogen (secondary N) is 1. The molecule has 1 aliphatic heterocycles. The number of nitrogens with two attached hydrogens (primary N) is 1. The van der Waals surface area contributed by atoms with Gasteiger partial charge in [0.05, 0.1) is 5.69 Å². The topological polar surface area (TPSA) is 56.4 Å². The number of nitrogens with zero attached hydrogens (tertiary/aromatic N) is 2. The maximum absolute atomic E-state index is 7.79. The summed E-state index contributed by atoms with van der Waals surface area (Å²) in [5.41, 5.74) is 8.94. The van der Waals surface area contributed by atoms with Crippen molar-refractivity contribution in [2.24, 2.45) is 5.73 Å². The van der Waals surface area contributed by atoms with Crippen LogP contribution in [-0.4, -0.2) is 43.5 Å². The number of hydrogen-bond acceptors (Lipinski definition) is 3. The molecule has 1 fully saturated rings. The van der Waals surface area contributed by atoms with Gasteiger partial charge in [0.2, 0.25) is 0 Å². The first-order chi connectivity index (χ1) is 9.00. The minimum Gasteiger partial charge on any atom is -0.384 e. The first-order valence-electron chi connectivity index (χ1n) is 6.90. The second-order valence-corrected chi connectivity index (χ2v) is 5.54. The smallest absolute Gasteiger partial charge is 0.124 e. The summed E-state index contributed by atoms with van der Waals surface area (Å²) in [6.45, 7) is 7.55. The summed E-state index contributed by atoms with van der Waals surface area (Å²) in [5.74, 6) is 0.156. The highest BCUT2D eigenvalue weighted by Crippen LogP contribution is 2.28. The monoisotopic (exact) mass is 260 g/mol. The van der Waals surface area contributed by atoms with Crippen LogP contribution in [0, 0.1) is 12.3 Å². The molecular formula is C15H24N4. The summed E-state index contributed by atoms with van der Waals surface area (Å²) in [7, 11) is 2.17. The van der Waals surface area contributed by atoms with Crippen molar-refractivity contribution in [3.8, 4) is 0 Å². The Morgan fingerprint density at radius 1 is 1.37 bits per heavy atom. The van der Waals surface area contributed by atoms with Crippen LogP contribution in [0.25, 0.3) is 0 Å². The Labute approximate surface area is 115 Å². The number of amidine groups is 1. The molecule has 0 saturated carbocycles. The molecule has 104 valence electrons. The fourth-order valence-electron chi connectivity index (χ4n) is 2.96. The van der Waals surface area contributed by atoms with Crippen LogP contribution in [0.3, 0.4) is 0 Å². The van der Waals surface area contributed by atoms with Crippen molar-refractivity contribution in [1.29, 1.82) is 5.41 Å². The molecule has 0 aromatic heterocycles. The first-order valence-corrected chi connectivity index (χ1v) is 6.90. The third kappa shape index (κ3) is 2.89. The van der Waals surface area contributed by atoms with Gasteiger partial charge in [0.25, 0.3) is 0 Å². The van der Waals surface area contributed by atoms with Gasteiger partial charge in [0.1, 0.15) is 5.84 Å². The molecular weight excluding hydrogens is 236 g/mol. The van der Waals surface area contributed by atoms with Crippen LogP contribution in [-0.2, 0) is 0 Å². The lowest BCUT2D eigenvalue weighted by Gasteiger charge is -2.33. The number of nitrogen functional groups attached to an aromatic ring is 1. The lowest BCUT2D eigenvalue weighted by Crippen LogP contribution is -2.39. The quantitative estimate of drug-likeness (QED) is 0.630. The summed E-state index contributed by atoms with van der Waals surface area (Å²) >= 11 is 0. The van der Waals surface area contributed by atoms with Crippen LogP contribution in [0.15, 0.2) is 18.2 Å². The largest absolute Gasteiger partial charge is 0.384 e. The maximum atomic E-state index is 7.79. The van der Waals surface area contributed by atoms with E-state index < -0.39 is 0 Å². The zero-order valence-electron chi connectivity index (χ0n) is 12.1. The van der Waals surface area contributed by atoms with Crippen molar-refractivity contribution in [3.05, 3.63) is 29.3 Å². The number of hydrogen-bond donors (Lipinski definition) is 2. The summed E-state index contributed by atoms with van der Waals surface area (Å²) in [6, 6.07) is 6.46. The van der Waals surface area contributed by atoms with E-state index in [4.69, 9.17) is 11.1 Å². The molecule has 3 N–H and O–H groups in total. The molecule has 1 aliphatic rings. The van der Waals surface area contributed by atoms with Crippen molar-refractivity contribution >= 4 is 11.5 Å². The molecule has 2 rings (SSSR count). The van der Waals surface area contributed by atoms with Gasteiger partial charge in [-0.3, -0.25) is 5.41 Å². The van der Waals surface area contributed by atoms with Crippen molar-refractivity contribution in [2.75, 3.05) is 31.6 Å². The molecule has 0 amide bonds. The minimum absolute atomic E-state index is 0.156. The van der Waals surface area contributed by atoms with Crippen molar-refractivity contribution in [3.63, 3.8) is 0 Å². The first kappa shape index (κ1) is 13.9. The summed E-state index contributed by atoms with van der Waals surface area (Å²) in [4.78, 5) is 4.78. The van der Waals surface area contributed by atoms with E-state index in [1.807, 2.05) is 12.1 Å². The zero-order valence-corrected chi connectivity index (χ0v) is 12.1. The van der Waals surface area contributed by atoms with E-state index in [0.717, 1.165) is 37.3 Å². The number of rotatable bonds is 2. The van der Waals surface area contributed by atoms with Crippen LogP contribution < -0.4 is 10.6 Å². The third-order valence-corrected chi connectivity index (χ3v) is 3.86. The molecule has 1 heterocycles. The Morgan fingerprint density at radius 2 is 2.11 bits per heavy atom. The van der Waals surface area contributed by atoms with Crippen LogP contribution in [0.2, 0.25) is 0 Å². The number of likely N-dealkylation sites (N-methyl/N-ethyl adjacent to an activating group) is 1. The number of aryl methyl sites for hydroxylation is 1. The molecule has 0 spiro atoms. The van der Waals surface area contributed by atoms with E-state index in [1.54, 1.807) is 0 Å². The molecule has 0 aliphatic carbocycles. The van der Waals surface area contributed by atoms with E-state index in [1.165, 1.54) is 5.56 Å². The molecule has 1 saturated heterocycles. The highest BCUT2D eigenvalue weighted by Gasteiger charge is 2.23. The van der Waals surface area contributed by atoms with Crippen LogP contribution in [0.5, 0.6) is 0 Å². The molecule has 4 nitrogen and oxygen atoms in total. The van der Waals surface area contributed by atoms with Crippen molar-refractivity contribution in [1.82, 2.24) is 4.90 Å². The van der Waals surface area contributed by atoms with Gasteiger partial charge in [0, 0.05) is 24.7 Å². The zero-order chi connectivity index (χ0) is 14.0. The van der Waals surface area contributed by atoms with Gasteiger partial charge in [-0.2, -0.15) is 0 Å². The average molecular weight is 260 g/mol. The fourth-order valence-corrected chi connectivity index (χ4v) is 2.96. The van der Waals surface area contributed by atoms with Gasteiger partial charge >= 0.3 is 0 Å². The molecule has 1 aromatic carbocycles. The molecule has 0 bridgehead atoms. The summed E-state index contributed by atoms with van der Waals surface area (Å²) in [6.07, 6.45) is 1.15. The lowest BCUT2D eigenvalue weighted by atomic mass is 10.0. The van der Waals surface area contributed by atoms with E-state index in [-0.39, 0.29) is 5.84 Å². The van der Waals surface area contributed by atoms with E-state index >= 15 is 0 Å². The Morgan fingerprint density at radius 3 is 2.79 bits per heavy atom. The van der Waals surface area contributed by atoms with Gasteiger partial charge in [0.15, 0.2) is 0 Å². The normalized spacial score (nSPS) is 21.2. The van der Waals surface area contributed by atoms with Crippen molar-refractivity contribution in [2.45, 2.75) is 26.3 Å². The predicted octanol–water partition coefficient (Wildman–Crippen LogP) is 1.81. The number of benzene rings is 1. The Balaban J connectivity index is 2.42. The summed E-state index contributed by atoms with van der Waals surface area (Å²) < 4.78 is 0. The van der Waals surface area contributed by atoms with E-state index in [2.05, 4.69) is 36.8 Å². The molecule has 4 heteroatoms. The highest BCUT2D eigenvalue weighted by atomic mass is 15.2. The van der Waals surface area contributed by atoms with Crippen molar-refractivity contribution < 1.29 is 0 Å². The molecule has 1 atom stereocenters. The predicted molar refractivity (Wildman–Crippen MR) is 81.1 cm³/mol. The number of para-hydroxylation sites is 1. The van der Waals surface area contributed by atoms with Crippen LogP contribution in [0.1, 0.15) is 24.5 Å². The van der Waals surface area contributed by atoms with E-state index in [9.17, 15) is 0 Å². The van der Waals surface area contributed by atoms with Crippen LogP contribution >= 0.6 is 0 Å². The van der Waals surface area contributed by atoms with Gasteiger partial charge in [-0.25, -0.2) is 0 Å². The maximum Gasteiger partial charge on any atom is 0.124 e. The third-order valence-electron chi connectivity index (χ3n) is 3.86. The molecule has 1 unspecified atom stereocenters.